The van der Waals surface area contributed by atoms with Crippen molar-refractivity contribution in [2.75, 3.05) is 0 Å². The summed E-state index contributed by atoms with van der Waals surface area (Å²) in [5.74, 6) is 0. The van der Waals surface area contributed by atoms with Gasteiger partial charge in [-0.1, -0.05) is 27.2 Å². The molecule has 19 heavy (non-hydrogen) atoms. The van der Waals surface area contributed by atoms with E-state index in [2.05, 4.69) is 52.2 Å². The number of nitrogens with zero attached hydrogens (tertiary/aromatic N) is 2. The van der Waals surface area contributed by atoms with Crippen molar-refractivity contribution in [3.05, 3.63) is 22.5 Å². The molecule has 0 saturated carbocycles. The van der Waals surface area contributed by atoms with Crippen LogP contribution in [0.5, 0.6) is 0 Å². The third kappa shape index (κ3) is 1.91. The summed E-state index contributed by atoms with van der Waals surface area (Å²) in [5.41, 5.74) is 5.25. The molecule has 1 unspecified atom stereocenters. The van der Waals surface area contributed by atoms with Gasteiger partial charge in [0, 0.05) is 17.9 Å². The average molecular weight is 258 g/mol. The molecule has 0 fully saturated rings. The van der Waals surface area contributed by atoms with Crippen LogP contribution in [-0.4, -0.2) is 4.57 Å². The van der Waals surface area contributed by atoms with Crippen molar-refractivity contribution >= 4 is 0 Å². The molecular weight excluding hydrogens is 232 g/mol. The van der Waals surface area contributed by atoms with Crippen LogP contribution < -0.4 is 0 Å². The summed E-state index contributed by atoms with van der Waals surface area (Å²) < 4.78 is 2.44. The number of nitriles is 1. The van der Waals surface area contributed by atoms with Gasteiger partial charge in [0.25, 0.3) is 0 Å². The van der Waals surface area contributed by atoms with Crippen LogP contribution in [0.4, 0.5) is 0 Å². The summed E-state index contributed by atoms with van der Waals surface area (Å²) in [7, 11) is 0. The fourth-order valence-corrected chi connectivity index (χ4v) is 4.19. The molecule has 0 saturated heterocycles. The van der Waals surface area contributed by atoms with E-state index in [1.54, 1.807) is 0 Å². The lowest BCUT2D eigenvalue weighted by Gasteiger charge is -2.24. The van der Waals surface area contributed by atoms with Crippen LogP contribution >= 0.6 is 0 Å². The second-order valence-electron chi connectivity index (χ2n) is 6.93. The third-order valence-corrected chi connectivity index (χ3v) is 4.79. The van der Waals surface area contributed by atoms with E-state index in [4.69, 9.17) is 0 Å². The molecule has 1 aromatic heterocycles. The smallest absolute Gasteiger partial charge is 0.0822 e. The van der Waals surface area contributed by atoms with Crippen molar-refractivity contribution in [2.24, 2.45) is 0 Å². The van der Waals surface area contributed by atoms with Crippen molar-refractivity contribution in [2.45, 2.75) is 78.2 Å². The molecule has 0 N–H and O–H groups in total. The Morgan fingerprint density at radius 1 is 1.16 bits per heavy atom. The van der Waals surface area contributed by atoms with E-state index in [-0.39, 0.29) is 10.8 Å². The molecule has 104 valence electrons. The minimum atomic E-state index is -0.314. The van der Waals surface area contributed by atoms with Crippen LogP contribution in [0.3, 0.4) is 0 Å². The first kappa shape index (κ1) is 14.2. The number of hydrogen-bond acceptors (Lipinski definition) is 1. The van der Waals surface area contributed by atoms with Crippen molar-refractivity contribution < 1.29 is 0 Å². The minimum absolute atomic E-state index is 0.117. The lowest BCUT2D eigenvalue weighted by atomic mass is 9.80. The monoisotopic (exact) mass is 258 g/mol. The molecule has 0 amide bonds. The van der Waals surface area contributed by atoms with Crippen LogP contribution in [-0.2, 0) is 17.4 Å². The molecule has 1 aromatic rings. The first-order valence-corrected chi connectivity index (χ1v) is 7.40. The van der Waals surface area contributed by atoms with E-state index in [0.29, 0.717) is 0 Å². The maximum atomic E-state index is 9.65. The molecule has 1 heterocycles. The molecule has 0 spiro atoms. The van der Waals surface area contributed by atoms with Gasteiger partial charge < -0.3 is 4.57 Å². The molecular formula is C17H26N2. The van der Waals surface area contributed by atoms with Crippen LogP contribution in [0.25, 0.3) is 0 Å². The molecule has 2 rings (SSSR count). The van der Waals surface area contributed by atoms with Gasteiger partial charge >= 0.3 is 0 Å². The van der Waals surface area contributed by atoms with Crippen molar-refractivity contribution in [1.82, 2.24) is 4.57 Å². The van der Waals surface area contributed by atoms with Crippen LogP contribution in [0, 0.1) is 25.2 Å². The fourth-order valence-electron chi connectivity index (χ4n) is 4.19. The Balaban J connectivity index is 2.64. The van der Waals surface area contributed by atoms with E-state index in [9.17, 15) is 5.26 Å². The van der Waals surface area contributed by atoms with Crippen LogP contribution in [0.2, 0.25) is 0 Å². The first-order chi connectivity index (χ1) is 8.78. The van der Waals surface area contributed by atoms with Gasteiger partial charge in [-0.15, -0.1) is 0 Å². The molecule has 2 nitrogen and oxygen atoms in total. The first-order valence-electron chi connectivity index (χ1n) is 7.40. The normalized spacial score (nSPS) is 24.3. The SMILES string of the molecule is CCCCn1c(C)c2c(c1C)C(C)(C#N)CC2(C)C. The van der Waals surface area contributed by atoms with E-state index < -0.39 is 0 Å². The summed E-state index contributed by atoms with van der Waals surface area (Å²) in [6, 6.07) is 2.58. The molecule has 2 heteroatoms. The highest BCUT2D eigenvalue weighted by atomic mass is 15.0. The summed E-state index contributed by atoms with van der Waals surface area (Å²) in [6.45, 7) is 14.4. The lowest BCUT2D eigenvalue weighted by molar-refractivity contribution is 0.430. The Labute approximate surface area is 117 Å². The van der Waals surface area contributed by atoms with Crippen molar-refractivity contribution in [3.8, 4) is 6.07 Å². The van der Waals surface area contributed by atoms with Gasteiger partial charge in [0.15, 0.2) is 0 Å². The molecule has 1 aliphatic rings. The number of rotatable bonds is 3. The second kappa shape index (κ2) is 4.40. The predicted molar refractivity (Wildman–Crippen MR) is 79.4 cm³/mol. The van der Waals surface area contributed by atoms with Crippen molar-refractivity contribution in [1.29, 1.82) is 5.26 Å². The average Bonchev–Trinajstić information content (AvgIpc) is 2.71. The summed E-state index contributed by atoms with van der Waals surface area (Å²) >= 11 is 0. The third-order valence-electron chi connectivity index (χ3n) is 4.79. The van der Waals surface area contributed by atoms with Crippen molar-refractivity contribution in [3.63, 3.8) is 0 Å². The molecule has 0 aromatic carbocycles. The van der Waals surface area contributed by atoms with Gasteiger partial charge in [-0.05, 0) is 50.2 Å². The standard InChI is InChI=1S/C17H26N2/c1-7-8-9-19-12(2)14-15(13(19)3)17(6,11-18)10-16(14,4)5/h7-10H2,1-6H3. The second-order valence-corrected chi connectivity index (χ2v) is 6.93. The summed E-state index contributed by atoms with van der Waals surface area (Å²) in [6.07, 6.45) is 3.36. The zero-order chi connectivity index (χ0) is 14.4. The zero-order valence-corrected chi connectivity index (χ0v) is 13.2. The Kier molecular flexibility index (Phi) is 3.29. The number of unbranched alkanes of at least 4 members (excludes halogenated alkanes) is 1. The summed E-state index contributed by atoms with van der Waals surface area (Å²) in [4.78, 5) is 0. The maximum absolute atomic E-state index is 9.65. The number of hydrogen-bond donors (Lipinski definition) is 0. The molecule has 0 bridgehead atoms. The van der Waals surface area contributed by atoms with Gasteiger partial charge in [0.05, 0.1) is 11.5 Å². The minimum Gasteiger partial charge on any atom is -0.349 e. The van der Waals surface area contributed by atoms with E-state index in [1.165, 1.54) is 35.4 Å². The van der Waals surface area contributed by atoms with Gasteiger partial charge in [-0.2, -0.15) is 5.26 Å². The van der Waals surface area contributed by atoms with Crippen LogP contribution in [0.1, 0.15) is 69.5 Å². The number of aromatic nitrogens is 1. The molecule has 0 aliphatic heterocycles. The van der Waals surface area contributed by atoms with E-state index >= 15 is 0 Å². The quantitative estimate of drug-likeness (QED) is 0.791. The highest BCUT2D eigenvalue weighted by Crippen LogP contribution is 2.52. The summed E-state index contributed by atoms with van der Waals surface area (Å²) in [5, 5.41) is 9.65. The highest BCUT2D eigenvalue weighted by molar-refractivity contribution is 5.54. The van der Waals surface area contributed by atoms with Crippen LogP contribution in [0.15, 0.2) is 0 Å². The molecule has 1 atom stereocenters. The largest absolute Gasteiger partial charge is 0.349 e. The lowest BCUT2D eigenvalue weighted by Crippen LogP contribution is -2.22. The Morgan fingerprint density at radius 2 is 1.74 bits per heavy atom. The highest BCUT2D eigenvalue weighted by Gasteiger charge is 2.48. The van der Waals surface area contributed by atoms with Gasteiger partial charge in [-0.25, -0.2) is 0 Å². The topological polar surface area (TPSA) is 28.7 Å². The van der Waals surface area contributed by atoms with Gasteiger partial charge in [0.2, 0.25) is 0 Å². The fraction of sp³-hybridized carbons (Fsp3) is 0.706. The van der Waals surface area contributed by atoms with Gasteiger partial charge in [0.1, 0.15) is 0 Å². The van der Waals surface area contributed by atoms with Gasteiger partial charge in [-0.3, -0.25) is 0 Å². The molecule has 0 radical (unpaired) electrons. The molecule has 1 aliphatic carbocycles. The van der Waals surface area contributed by atoms with E-state index in [0.717, 1.165) is 13.0 Å². The Bertz CT molecular complexity index is 543. The Morgan fingerprint density at radius 3 is 2.26 bits per heavy atom. The van der Waals surface area contributed by atoms with E-state index in [1.807, 2.05) is 0 Å². The Hall–Kier alpha value is -1.23. The zero-order valence-electron chi connectivity index (χ0n) is 13.2. The number of fused-ring (bicyclic) bond motifs is 1. The predicted octanol–water partition coefficient (Wildman–Crippen LogP) is 4.37. The maximum Gasteiger partial charge on any atom is 0.0822 e.